The van der Waals surface area contributed by atoms with Crippen LogP contribution in [0.3, 0.4) is 0 Å². The minimum atomic E-state index is -1.52. The van der Waals surface area contributed by atoms with Crippen molar-refractivity contribution in [3.63, 3.8) is 0 Å². The van der Waals surface area contributed by atoms with Gasteiger partial charge in [-0.05, 0) is 42.8 Å². The summed E-state index contributed by atoms with van der Waals surface area (Å²) in [6, 6.07) is 13.6. The second-order valence-electron chi connectivity index (χ2n) is 7.62. The number of carbonyl (C=O) groups excluding carboxylic acids is 2. The van der Waals surface area contributed by atoms with E-state index in [-0.39, 0.29) is 23.5 Å². The Morgan fingerprint density at radius 3 is 2.25 bits per heavy atom. The zero-order valence-electron chi connectivity index (χ0n) is 16.9. The molecule has 0 saturated carbocycles. The Bertz CT molecular complexity index is 869. The predicted octanol–water partition coefficient (Wildman–Crippen LogP) is 3.91. The molecular formula is C22H27NO4S. The fraction of sp³-hybridized carbons (Fsp3) is 0.364. The van der Waals surface area contributed by atoms with Crippen LogP contribution in [0, 0.1) is 5.41 Å². The molecule has 0 fully saturated rings. The van der Waals surface area contributed by atoms with Crippen molar-refractivity contribution in [2.75, 3.05) is 12.9 Å². The molecule has 0 radical (unpaired) electrons. The van der Waals surface area contributed by atoms with Crippen LogP contribution >= 0.6 is 0 Å². The van der Waals surface area contributed by atoms with E-state index in [1.165, 1.54) is 0 Å². The number of hydrogen-bond donors (Lipinski definition) is 1. The van der Waals surface area contributed by atoms with Gasteiger partial charge in [-0.25, -0.2) is 0 Å². The van der Waals surface area contributed by atoms with Crippen LogP contribution in [0.2, 0.25) is 0 Å². The summed E-state index contributed by atoms with van der Waals surface area (Å²) in [7, 11) is 0.0366. The first-order valence-corrected chi connectivity index (χ1v) is 10.4. The normalized spacial score (nSPS) is 13.5. The van der Waals surface area contributed by atoms with Crippen molar-refractivity contribution in [3.8, 4) is 5.75 Å². The van der Waals surface area contributed by atoms with Gasteiger partial charge in [-0.1, -0.05) is 39.0 Å². The lowest BCUT2D eigenvalue weighted by Crippen LogP contribution is -2.36. The Labute approximate surface area is 168 Å². The van der Waals surface area contributed by atoms with Crippen molar-refractivity contribution >= 4 is 22.5 Å². The van der Waals surface area contributed by atoms with E-state index in [9.17, 15) is 13.8 Å². The third kappa shape index (κ3) is 5.52. The van der Waals surface area contributed by atoms with Gasteiger partial charge < -0.3 is 10.1 Å². The number of Topliss-reactive ketones (excluding diaryl/α,β-unsaturated/α-hetero) is 1. The highest BCUT2D eigenvalue weighted by Crippen LogP contribution is 2.24. The van der Waals surface area contributed by atoms with E-state index in [1.807, 2.05) is 39.8 Å². The molecular weight excluding hydrogens is 374 g/mol. The number of ether oxygens (including phenoxy) is 1. The van der Waals surface area contributed by atoms with Gasteiger partial charge in [0.25, 0.3) is 0 Å². The fourth-order valence-electron chi connectivity index (χ4n) is 2.59. The van der Waals surface area contributed by atoms with Crippen molar-refractivity contribution in [1.82, 2.24) is 5.32 Å². The van der Waals surface area contributed by atoms with Crippen LogP contribution in [0.25, 0.3) is 0 Å². The quantitative estimate of drug-likeness (QED) is 0.714. The number of amides is 1. The summed E-state index contributed by atoms with van der Waals surface area (Å²) in [5.41, 5.74) is 0.717. The highest BCUT2D eigenvalue weighted by molar-refractivity contribution is 7.85. The molecule has 5 nitrogen and oxygen atoms in total. The first kappa shape index (κ1) is 21.8. The number of hydrogen-bond acceptors (Lipinski definition) is 4. The summed E-state index contributed by atoms with van der Waals surface area (Å²) < 4.78 is 18.0. The first-order valence-electron chi connectivity index (χ1n) is 9.09. The van der Waals surface area contributed by atoms with E-state index in [0.717, 1.165) is 5.56 Å². The van der Waals surface area contributed by atoms with E-state index >= 15 is 0 Å². The summed E-state index contributed by atoms with van der Waals surface area (Å²) in [4.78, 5) is 25.4. The SMILES string of the molecule is COc1ccc(C(=O)C[S@](=O)c2ccccc2[C@@H](C)NC(=O)C(C)(C)C)cc1. The number of carbonyl (C=O) groups is 2. The molecule has 0 unspecified atom stereocenters. The summed E-state index contributed by atoms with van der Waals surface area (Å²) in [5, 5.41) is 2.96. The Morgan fingerprint density at radius 2 is 1.68 bits per heavy atom. The van der Waals surface area contributed by atoms with E-state index in [0.29, 0.717) is 16.2 Å². The highest BCUT2D eigenvalue weighted by atomic mass is 32.2. The predicted molar refractivity (Wildman–Crippen MR) is 111 cm³/mol. The van der Waals surface area contributed by atoms with Gasteiger partial charge in [0.2, 0.25) is 5.91 Å². The van der Waals surface area contributed by atoms with Gasteiger partial charge in [0.15, 0.2) is 5.78 Å². The maximum Gasteiger partial charge on any atom is 0.225 e. The molecule has 0 spiro atoms. The van der Waals surface area contributed by atoms with Crippen LogP contribution in [0.4, 0.5) is 0 Å². The van der Waals surface area contributed by atoms with Crippen molar-refractivity contribution in [2.45, 2.75) is 38.6 Å². The fourth-order valence-corrected chi connectivity index (χ4v) is 3.89. The molecule has 0 aliphatic carbocycles. The van der Waals surface area contributed by atoms with Gasteiger partial charge in [-0.15, -0.1) is 0 Å². The molecule has 0 aromatic heterocycles. The molecule has 6 heteroatoms. The van der Waals surface area contributed by atoms with Crippen LogP contribution in [0.5, 0.6) is 5.75 Å². The molecule has 150 valence electrons. The Hall–Kier alpha value is -2.47. The van der Waals surface area contributed by atoms with Gasteiger partial charge in [0.1, 0.15) is 5.75 Å². The summed E-state index contributed by atoms with van der Waals surface area (Å²) in [5.74, 6) is 0.243. The van der Waals surface area contributed by atoms with E-state index in [2.05, 4.69) is 5.32 Å². The van der Waals surface area contributed by atoms with E-state index in [1.54, 1.807) is 43.5 Å². The Kier molecular flexibility index (Phi) is 7.13. The van der Waals surface area contributed by atoms with Gasteiger partial charge in [-0.3, -0.25) is 13.8 Å². The number of ketones is 1. The van der Waals surface area contributed by atoms with Crippen LogP contribution in [0.15, 0.2) is 53.4 Å². The summed E-state index contributed by atoms with van der Waals surface area (Å²) >= 11 is 0. The van der Waals surface area contributed by atoms with Crippen LogP contribution < -0.4 is 10.1 Å². The van der Waals surface area contributed by atoms with Crippen LogP contribution in [-0.2, 0) is 15.6 Å². The van der Waals surface area contributed by atoms with Gasteiger partial charge in [-0.2, -0.15) is 0 Å². The molecule has 2 atom stereocenters. The van der Waals surface area contributed by atoms with Crippen molar-refractivity contribution in [2.24, 2.45) is 5.41 Å². The molecule has 2 aromatic rings. The number of methoxy groups -OCH3 is 1. The minimum absolute atomic E-state index is 0.0881. The van der Waals surface area contributed by atoms with Gasteiger partial charge in [0, 0.05) is 15.9 Å². The molecule has 0 saturated heterocycles. The maximum atomic E-state index is 12.9. The largest absolute Gasteiger partial charge is 0.497 e. The third-order valence-corrected chi connectivity index (χ3v) is 5.72. The lowest BCUT2D eigenvalue weighted by molar-refractivity contribution is -0.129. The molecule has 2 rings (SSSR count). The molecule has 0 aliphatic rings. The molecule has 0 aliphatic heterocycles. The smallest absolute Gasteiger partial charge is 0.225 e. The highest BCUT2D eigenvalue weighted by Gasteiger charge is 2.25. The van der Waals surface area contributed by atoms with Crippen LogP contribution in [0.1, 0.15) is 49.7 Å². The molecule has 2 aromatic carbocycles. The average Bonchev–Trinajstić information content (AvgIpc) is 2.67. The van der Waals surface area contributed by atoms with Crippen molar-refractivity contribution in [1.29, 1.82) is 0 Å². The lowest BCUT2D eigenvalue weighted by atomic mass is 9.94. The summed E-state index contributed by atoms with van der Waals surface area (Å²) in [6.07, 6.45) is 0. The summed E-state index contributed by atoms with van der Waals surface area (Å²) in [6.45, 7) is 7.37. The van der Waals surface area contributed by atoms with Crippen LogP contribution in [-0.4, -0.2) is 28.8 Å². The monoisotopic (exact) mass is 401 g/mol. The minimum Gasteiger partial charge on any atom is -0.497 e. The lowest BCUT2D eigenvalue weighted by Gasteiger charge is -2.23. The Balaban J connectivity index is 2.17. The maximum absolute atomic E-state index is 12.9. The number of benzene rings is 2. The topological polar surface area (TPSA) is 72.5 Å². The standard InChI is InChI=1S/C22H27NO4S/c1-15(23-21(25)22(2,3)4)18-8-6-7-9-20(18)28(26)14-19(24)16-10-12-17(27-5)13-11-16/h6-13,15H,14H2,1-5H3,(H,23,25)/t15-,28+/m1/s1. The number of rotatable bonds is 7. The van der Waals surface area contributed by atoms with Gasteiger partial charge >= 0.3 is 0 Å². The second kappa shape index (κ2) is 9.15. The zero-order valence-corrected chi connectivity index (χ0v) is 17.8. The first-order chi connectivity index (χ1) is 13.1. The van der Waals surface area contributed by atoms with Gasteiger partial charge in [0.05, 0.1) is 29.7 Å². The third-order valence-electron chi connectivity index (χ3n) is 4.33. The molecule has 0 bridgehead atoms. The second-order valence-corrected chi connectivity index (χ2v) is 9.04. The van der Waals surface area contributed by atoms with Crippen molar-refractivity contribution in [3.05, 3.63) is 59.7 Å². The Morgan fingerprint density at radius 1 is 1.07 bits per heavy atom. The van der Waals surface area contributed by atoms with Crippen molar-refractivity contribution < 1.29 is 18.5 Å². The molecule has 28 heavy (non-hydrogen) atoms. The molecule has 1 N–H and O–H groups in total. The van der Waals surface area contributed by atoms with E-state index in [4.69, 9.17) is 4.74 Å². The average molecular weight is 402 g/mol. The zero-order chi connectivity index (χ0) is 20.9. The van der Waals surface area contributed by atoms with E-state index < -0.39 is 16.2 Å². The number of nitrogens with one attached hydrogen (secondary N) is 1. The molecule has 0 heterocycles. The molecule has 1 amide bonds.